The fourth-order valence-corrected chi connectivity index (χ4v) is 2.19. The van der Waals surface area contributed by atoms with Crippen molar-refractivity contribution in [2.45, 2.75) is 45.3 Å². The Morgan fingerprint density at radius 1 is 1.30 bits per heavy atom. The van der Waals surface area contributed by atoms with Crippen molar-refractivity contribution in [1.82, 2.24) is 15.8 Å². The number of hydrogen-bond acceptors (Lipinski definition) is 4. The highest BCUT2D eigenvalue weighted by Crippen LogP contribution is 2.19. The first-order valence-electron chi connectivity index (χ1n) is 7.60. The number of hydrogen-bond donors (Lipinski definition) is 2. The number of rotatable bonds is 6. The van der Waals surface area contributed by atoms with Crippen molar-refractivity contribution >= 4 is 17.8 Å². The lowest BCUT2D eigenvalue weighted by molar-refractivity contribution is -0.141. The second kappa shape index (κ2) is 6.68. The Kier molecular flexibility index (Phi) is 4.88. The number of para-hydroxylation sites is 1. The molecule has 1 aliphatic rings. The van der Waals surface area contributed by atoms with E-state index in [1.807, 2.05) is 6.07 Å². The number of carbonyl (C=O) groups excluding carboxylic acids is 3. The molecule has 0 unspecified atom stereocenters. The summed E-state index contributed by atoms with van der Waals surface area (Å²) in [5.41, 5.74) is 1.35. The molecule has 1 heterocycles. The smallest absolute Gasteiger partial charge is 0.344 e. The highest BCUT2D eigenvalue weighted by molar-refractivity contribution is 6.07. The average Bonchev–Trinajstić information content (AvgIpc) is 2.77. The van der Waals surface area contributed by atoms with Crippen molar-refractivity contribution < 1.29 is 19.1 Å². The van der Waals surface area contributed by atoms with Gasteiger partial charge < -0.3 is 10.1 Å². The van der Waals surface area contributed by atoms with Gasteiger partial charge in [0.2, 0.25) is 0 Å². The van der Waals surface area contributed by atoms with Crippen molar-refractivity contribution in [2.75, 3.05) is 0 Å². The van der Waals surface area contributed by atoms with E-state index in [4.69, 9.17) is 4.74 Å². The van der Waals surface area contributed by atoms with Gasteiger partial charge in [-0.25, -0.2) is 4.79 Å². The second-order valence-electron chi connectivity index (χ2n) is 5.56. The summed E-state index contributed by atoms with van der Waals surface area (Å²) in [7, 11) is 0. The van der Waals surface area contributed by atoms with Gasteiger partial charge in [0.25, 0.3) is 11.8 Å². The maximum Gasteiger partial charge on any atom is 0.344 e. The van der Waals surface area contributed by atoms with E-state index in [1.54, 1.807) is 45.0 Å². The van der Waals surface area contributed by atoms with Crippen LogP contribution in [-0.4, -0.2) is 34.5 Å². The highest BCUT2D eigenvalue weighted by Gasteiger charge is 2.47. The average molecular weight is 319 g/mol. The van der Waals surface area contributed by atoms with Crippen molar-refractivity contribution in [1.29, 1.82) is 0 Å². The van der Waals surface area contributed by atoms with Crippen LogP contribution < -0.4 is 15.5 Å². The van der Waals surface area contributed by atoms with Gasteiger partial charge in [-0.15, -0.1) is 0 Å². The van der Waals surface area contributed by atoms with Gasteiger partial charge in [0.05, 0.1) is 0 Å². The standard InChI is InChI=1S/C16H21N3O4/c1-4-12(23-11-9-7-6-8-10-11)13(20)18-19-14(21)16(3,5-2)17-15(19)22/h6-10,12H,4-5H2,1-3H3,(H,17,22)(H,18,20)/t12-,16-/m0/s1. The van der Waals surface area contributed by atoms with Crippen LogP contribution in [0.3, 0.4) is 0 Å². The summed E-state index contributed by atoms with van der Waals surface area (Å²) in [6.45, 7) is 5.20. The number of benzene rings is 1. The first-order valence-corrected chi connectivity index (χ1v) is 7.60. The molecule has 1 aromatic rings. The molecular formula is C16H21N3O4. The first-order chi connectivity index (χ1) is 10.9. The van der Waals surface area contributed by atoms with Gasteiger partial charge in [0.1, 0.15) is 11.3 Å². The van der Waals surface area contributed by atoms with E-state index in [0.29, 0.717) is 18.6 Å². The molecule has 2 atom stereocenters. The predicted molar refractivity (Wildman–Crippen MR) is 83.4 cm³/mol. The number of ether oxygens (including phenoxy) is 1. The van der Waals surface area contributed by atoms with Gasteiger partial charge >= 0.3 is 6.03 Å². The van der Waals surface area contributed by atoms with Gasteiger partial charge in [-0.1, -0.05) is 32.0 Å². The van der Waals surface area contributed by atoms with E-state index in [9.17, 15) is 14.4 Å². The van der Waals surface area contributed by atoms with Gasteiger partial charge in [-0.2, -0.15) is 5.01 Å². The maximum atomic E-state index is 12.3. The third-order valence-electron chi connectivity index (χ3n) is 3.87. The van der Waals surface area contributed by atoms with Gasteiger partial charge in [0.15, 0.2) is 6.10 Å². The Morgan fingerprint density at radius 2 is 1.96 bits per heavy atom. The topological polar surface area (TPSA) is 87.7 Å². The van der Waals surface area contributed by atoms with E-state index < -0.39 is 29.5 Å². The molecule has 0 spiro atoms. The van der Waals surface area contributed by atoms with Crippen molar-refractivity contribution in [2.24, 2.45) is 0 Å². The molecule has 124 valence electrons. The van der Waals surface area contributed by atoms with Crippen LogP contribution in [-0.2, 0) is 9.59 Å². The molecule has 1 aliphatic heterocycles. The van der Waals surface area contributed by atoms with Gasteiger partial charge in [-0.05, 0) is 31.9 Å². The minimum Gasteiger partial charge on any atom is -0.481 e. The number of nitrogens with one attached hydrogen (secondary N) is 2. The van der Waals surface area contributed by atoms with Crippen molar-refractivity contribution in [3.05, 3.63) is 30.3 Å². The molecule has 0 saturated carbocycles. The number of hydrazine groups is 1. The minimum atomic E-state index is -0.994. The van der Waals surface area contributed by atoms with E-state index in [0.717, 1.165) is 5.01 Å². The lowest BCUT2D eigenvalue weighted by atomic mass is 10.00. The van der Waals surface area contributed by atoms with E-state index in [2.05, 4.69) is 10.7 Å². The van der Waals surface area contributed by atoms with Crippen LogP contribution >= 0.6 is 0 Å². The van der Waals surface area contributed by atoms with Gasteiger partial charge in [0, 0.05) is 0 Å². The van der Waals surface area contributed by atoms with Crippen LogP contribution in [0.1, 0.15) is 33.6 Å². The zero-order valence-corrected chi connectivity index (χ0v) is 13.5. The van der Waals surface area contributed by atoms with Crippen LogP contribution in [0, 0.1) is 0 Å². The third-order valence-corrected chi connectivity index (χ3v) is 3.87. The fraction of sp³-hybridized carbons (Fsp3) is 0.438. The number of urea groups is 1. The predicted octanol–water partition coefficient (Wildman–Crippen LogP) is 1.60. The Balaban J connectivity index is 2.05. The van der Waals surface area contributed by atoms with E-state index >= 15 is 0 Å². The van der Waals surface area contributed by atoms with Crippen molar-refractivity contribution in [3.8, 4) is 5.75 Å². The Labute approximate surface area is 135 Å². The summed E-state index contributed by atoms with van der Waals surface area (Å²) in [6, 6.07) is 8.26. The monoisotopic (exact) mass is 319 g/mol. The van der Waals surface area contributed by atoms with E-state index in [1.165, 1.54) is 0 Å². The van der Waals surface area contributed by atoms with E-state index in [-0.39, 0.29) is 0 Å². The molecule has 23 heavy (non-hydrogen) atoms. The zero-order chi connectivity index (χ0) is 17.0. The number of imide groups is 1. The molecule has 7 nitrogen and oxygen atoms in total. The molecule has 0 aliphatic carbocycles. The minimum absolute atomic E-state index is 0.398. The zero-order valence-electron chi connectivity index (χ0n) is 13.5. The first kappa shape index (κ1) is 16.8. The maximum absolute atomic E-state index is 12.3. The molecule has 2 N–H and O–H groups in total. The normalized spacial score (nSPS) is 21.8. The molecule has 1 aromatic carbocycles. The lowest BCUT2D eigenvalue weighted by Crippen LogP contribution is -2.52. The number of amides is 4. The molecule has 1 fully saturated rings. The molecular weight excluding hydrogens is 298 g/mol. The molecule has 7 heteroatoms. The summed E-state index contributed by atoms with van der Waals surface area (Å²) < 4.78 is 5.60. The van der Waals surface area contributed by atoms with Gasteiger partial charge in [-0.3, -0.25) is 15.0 Å². The molecule has 4 amide bonds. The second-order valence-corrected chi connectivity index (χ2v) is 5.56. The van der Waals surface area contributed by atoms with Crippen LogP contribution in [0.25, 0.3) is 0 Å². The Morgan fingerprint density at radius 3 is 2.48 bits per heavy atom. The quantitative estimate of drug-likeness (QED) is 0.780. The molecule has 1 saturated heterocycles. The summed E-state index contributed by atoms with van der Waals surface area (Å²) in [5, 5.41) is 3.30. The van der Waals surface area contributed by atoms with Crippen LogP contribution in [0.15, 0.2) is 30.3 Å². The van der Waals surface area contributed by atoms with Crippen molar-refractivity contribution in [3.63, 3.8) is 0 Å². The van der Waals surface area contributed by atoms with Crippen LogP contribution in [0.5, 0.6) is 5.75 Å². The molecule has 0 bridgehead atoms. The summed E-state index contributed by atoms with van der Waals surface area (Å²) in [4.78, 5) is 36.5. The summed E-state index contributed by atoms with van der Waals surface area (Å²) in [5.74, 6) is -0.474. The molecule has 2 rings (SSSR count). The molecule has 0 aromatic heterocycles. The Bertz CT molecular complexity index is 605. The largest absolute Gasteiger partial charge is 0.481 e. The highest BCUT2D eigenvalue weighted by atomic mass is 16.5. The molecule has 0 radical (unpaired) electrons. The lowest BCUT2D eigenvalue weighted by Gasteiger charge is -2.22. The third kappa shape index (κ3) is 3.44. The summed E-state index contributed by atoms with van der Waals surface area (Å²) >= 11 is 0. The van der Waals surface area contributed by atoms with Crippen LogP contribution in [0.2, 0.25) is 0 Å². The number of carbonyl (C=O) groups is 3. The fourth-order valence-electron chi connectivity index (χ4n) is 2.19. The van der Waals surface area contributed by atoms with Crippen LogP contribution in [0.4, 0.5) is 4.79 Å². The summed E-state index contributed by atoms with van der Waals surface area (Å²) in [6.07, 6.45) is 0.0309. The Hall–Kier alpha value is -2.57. The SMILES string of the molecule is CC[C@H](Oc1ccccc1)C(=O)NN1C(=O)N[C@@](C)(CC)C1=O. The number of nitrogens with zero attached hydrogens (tertiary/aromatic N) is 1.